The summed E-state index contributed by atoms with van der Waals surface area (Å²) in [7, 11) is 1.85. The van der Waals surface area contributed by atoms with Crippen LogP contribution in [0, 0.1) is 6.92 Å². The molecular formula is C13H19N5S. The number of nitrogens with one attached hydrogen (secondary N) is 1. The van der Waals surface area contributed by atoms with E-state index < -0.39 is 0 Å². The fourth-order valence-corrected chi connectivity index (χ4v) is 2.59. The number of hydrogen-bond acceptors (Lipinski definition) is 5. The van der Waals surface area contributed by atoms with Crippen molar-refractivity contribution in [3.63, 3.8) is 0 Å². The molecule has 2 rings (SSSR count). The highest BCUT2D eigenvalue weighted by atomic mass is 32.2. The molecule has 1 N–H and O–H groups in total. The normalized spacial score (nSPS) is 10.9. The van der Waals surface area contributed by atoms with Gasteiger partial charge >= 0.3 is 0 Å². The summed E-state index contributed by atoms with van der Waals surface area (Å²) in [6.07, 6.45) is 1.14. The molecule has 1 aromatic heterocycles. The second-order valence-corrected chi connectivity index (χ2v) is 5.48. The highest BCUT2D eigenvalue weighted by molar-refractivity contribution is 7.99. The molecule has 0 saturated heterocycles. The molecule has 0 spiro atoms. The predicted molar refractivity (Wildman–Crippen MR) is 76.1 cm³/mol. The van der Waals surface area contributed by atoms with Gasteiger partial charge in [0.15, 0.2) is 0 Å². The van der Waals surface area contributed by atoms with Crippen LogP contribution in [0.2, 0.25) is 0 Å². The van der Waals surface area contributed by atoms with E-state index in [9.17, 15) is 0 Å². The molecule has 1 aromatic carbocycles. The lowest BCUT2D eigenvalue weighted by atomic mass is 10.1. The van der Waals surface area contributed by atoms with Gasteiger partial charge in [0.25, 0.3) is 0 Å². The monoisotopic (exact) mass is 277 g/mol. The van der Waals surface area contributed by atoms with E-state index in [1.54, 1.807) is 16.4 Å². The third-order valence-corrected chi connectivity index (χ3v) is 3.89. The molecule has 1 heterocycles. The molecule has 0 radical (unpaired) electrons. The van der Waals surface area contributed by atoms with Gasteiger partial charge in [0.2, 0.25) is 5.16 Å². The summed E-state index contributed by atoms with van der Waals surface area (Å²) in [5.41, 5.74) is 2.56. The molecule has 0 atom stereocenters. The summed E-state index contributed by atoms with van der Waals surface area (Å²) in [6.45, 7) is 6.19. The van der Waals surface area contributed by atoms with Gasteiger partial charge in [0, 0.05) is 18.5 Å². The first-order valence-corrected chi connectivity index (χ1v) is 7.22. The van der Waals surface area contributed by atoms with Crippen LogP contribution in [0.15, 0.2) is 28.3 Å². The molecule has 19 heavy (non-hydrogen) atoms. The maximum absolute atomic E-state index is 4.02. The quantitative estimate of drug-likeness (QED) is 0.820. The van der Waals surface area contributed by atoms with Crippen molar-refractivity contribution in [2.75, 3.05) is 6.54 Å². The fraction of sp³-hybridized carbons (Fsp3) is 0.462. The van der Waals surface area contributed by atoms with Crippen LogP contribution in [0.3, 0.4) is 0 Å². The van der Waals surface area contributed by atoms with Crippen LogP contribution in [0.1, 0.15) is 24.5 Å². The first-order valence-electron chi connectivity index (χ1n) is 6.41. The molecule has 0 amide bonds. The van der Waals surface area contributed by atoms with Crippen LogP contribution < -0.4 is 5.32 Å². The number of tetrazole rings is 1. The molecule has 0 saturated carbocycles. The van der Waals surface area contributed by atoms with Crippen LogP contribution >= 0.6 is 11.8 Å². The molecule has 0 fully saturated rings. The van der Waals surface area contributed by atoms with Gasteiger partial charge in [-0.2, -0.15) is 0 Å². The smallest absolute Gasteiger partial charge is 0.213 e. The van der Waals surface area contributed by atoms with Crippen LogP contribution in [0.4, 0.5) is 0 Å². The van der Waals surface area contributed by atoms with Crippen LogP contribution in [0.5, 0.6) is 0 Å². The Balaban J connectivity index is 2.16. The number of hydrogen-bond donors (Lipinski definition) is 1. The zero-order valence-electron chi connectivity index (χ0n) is 11.6. The number of rotatable bonds is 6. The minimum absolute atomic E-state index is 0.806. The van der Waals surface area contributed by atoms with E-state index in [-0.39, 0.29) is 0 Å². The van der Waals surface area contributed by atoms with Gasteiger partial charge < -0.3 is 5.32 Å². The Kier molecular flexibility index (Phi) is 4.93. The van der Waals surface area contributed by atoms with Crippen molar-refractivity contribution in [3.8, 4) is 0 Å². The van der Waals surface area contributed by atoms with Gasteiger partial charge in [-0.15, -0.1) is 5.10 Å². The summed E-state index contributed by atoms with van der Waals surface area (Å²) < 4.78 is 1.69. The van der Waals surface area contributed by atoms with E-state index in [0.29, 0.717) is 0 Å². The first-order chi connectivity index (χ1) is 9.20. The number of benzene rings is 1. The average Bonchev–Trinajstić information content (AvgIpc) is 2.78. The van der Waals surface area contributed by atoms with E-state index >= 15 is 0 Å². The van der Waals surface area contributed by atoms with E-state index in [1.807, 2.05) is 7.05 Å². The van der Waals surface area contributed by atoms with Crippen molar-refractivity contribution < 1.29 is 0 Å². The van der Waals surface area contributed by atoms with Crippen molar-refractivity contribution in [2.24, 2.45) is 7.05 Å². The Bertz CT molecular complexity index is 538. The zero-order valence-corrected chi connectivity index (χ0v) is 12.4. The predicted octanol–water partition coefficient (Wildman–Crippen LogP) is 2.17. The number of aromatic nitrogens is 4. The van der Waals surface area contributed by atoms with Crippen molar-refractivity contribution >= 4 is 11.8 Å². The maximum Gasteiger partial charge on any atom is 0.213 e. The van der Waals surface area contributed by atoms with Gasteiger partial charge in [0.05, 0.1) is 0 Å². The Hall–Kier alpha value is -1.40. The zero-order chi connectivity index (χ0) is 13.7. The maximum atomic E-state index is 4.02. The van der Waals surface area contributed by atoms with E-state index in [1.165, 1.54) is 16.0 Å². The molecule has 0 aliphatic heterocycles. The second-order valence-electron chi connectivity index (χ2n) is 4.48. The molecule has 0 unspecified atom stereocenters. The molecule has 0 aliphatic rings. The van der Waals surface area contributed by atoms with E-state index in [2.05, 4.69) is 52.9 Å². The van der Waals surface area contributed by atoms with E-state index in [0.717, 1.165) is 24.7 Å². The fourth-order valence-electron chi connectivity index (χ4n) is 1.75. The minimum atomic E-state index is 0.806. The summed E-state index contributed by atoms with van der Waals surface area (Å²) >= 11 is 1.60. The van der Waals surface area contributed by atoms with Crippen molar-refractivity contribution in [2.45, 2.75) is 36.9 Å². The molecule has 0 bridgehead atoms. The summed E-state index contributed by atoms with van der Waals surface area (Å²) in [5, 5.41) is 15.8. The van der Waals surface area contributed by atoms with Gasteiger partial charge in [-0.1, -0.05) is 24.6 Å². The Morgan fingerprint density at radius 2 is 2.21 bits per heavy atom. The summed E-state index contributed by atoms with van der Waals surface area (Å²) in [6, 6.07) is 6.47. The number of nitrogens with zero attached hydrogens (tertiary/aromatic N) is 4. The molecule has 102 valence electrons. The molecule has 6 heteroatoms. The molecule has 2 aromatic rings. The topological polar surface area (TPSA) is 55.6 Å². The third-order valence-electron chi connectivity index (χ3n) is 2.74. The highest BCUT2D eigenvalue weighted by Gasteiger charge is 2.09. The SMILES string of the molecule is CCCNCc1cc(C)ccc1Sc1nnnn1C. The van der Waals surface area contributed by atoms with Crippen molar-refractivity contribution in [1.82, 2.24) is 25.5 Å². The minimum Gasteiger partial charge on any atom is -0.313 e. The van der Waals surface area contributed by atoms with Gasteiger partial charge in [-0.3, -0.25) is 0 Å². The molecule has 5 nitrogen and oxygen atoms in total. The average molecular weight is 277 g/mol. The lowest BCUT2D eigenvalue weighted by Crippen LogP contribution is -2.14. The Morgan fingerprint density at radius 1 is 1.37 bits per heavy atom. The second kappa shape index (κ2) is 6.68. The standard InChI is InChI=1S/C13H19N5S/c1-4-7-14-9-11-8-10(2)5-6-12(11)19-13-15-16-17-18(13)3/h5-6,8,14H,4,7,9H2,1-3H3. The third kappa shape index (κ3) is 3.78. The molecule has 0 aliphatic carbocycles. The lowest BCUT2D eigenvalue weighted by Gasteiger charge is -2.10. The van der Waals surface area contributed by atoms with Crippen molar-refractivity contribution in [3.05, 3.63) is 29.3 Å². The largest absolute Gasteiger partial charge is 0.313 e. The Morgan fingerprint density at radius 3 is 2.89 bits per heavy atom. The van der Waals surface area contributed by atoms with Crippen LogP contribution in [0.25, 0.3) is 0 Å². The van der Waals surface area contributed by atoms with Crippen LogP contribution in [-0.4, -0.2) is 26.8 Å². The summed E-state index contributed by atoms with van der Waals surface area (Å²) in [5.74, 6) is 0. The van der Waals surface area contributed by atoms with Gasteiger partial charge in [-0.25, -0.2) is 4.68 Å². The van der Waals surface area contributed by atoms with Gasteiger partial charge in [0.1, 0.15) is 0 Å². The van der Waals surface area contributed by atoms with E-state index in [4.69, 9.17) is 0 Å². The highest BCUT2D eigenvalue weighted by Crippen LogP contribution is 2.28. The molecular weight excluding hydrogens is 258 g/mol. The first kappa shape index (κ1) is 14.0. The summed E-state index contributed by atoms with van der Waals surface area (Å²) in [4.78, 5) is 1.20. The Labute approximate surface area is 117 Å². The lowest BCUT2D eigenvalue weighted by molar-refractivity contribution is 0.661. The van der Waals surface area contributed by atoms with Gasteiger partial charge in [-0.05, 0) is 53.7 Å². The van der Waals surface area contributed by atoms with Crippen LogP contribution in [-0.2, 0) is 13.6 Å². The van der Waals surface area contributed by atoms with Crippen molar-refractivity contribution in [1.29, 1.82) is 0 Å². The number of aryl methyl sites for hydroxylation is 2.